The van der Waals surface area contributed by atoms with E-state index < -0.39 is 0 Å². The van der Waals surface area contributed by atoms with Gasteiger partial charge in [0.2, 0.25) is 0 Å². The summed E-state index contributed by atoms with van der Waals surface area (Å²) in [4.78, 5) is 0. The van der Waals surface area contributed by atoms with E-state index in [0.717, 1.165) is 10.2 Å². The first-order valence-electron chi connectivity index (χ1n) is 6.70. The van der Waals surface area contributed by atoms with Crippen molar-refractivity contribution in [3.05, 3.63) is 58.1 Å². The molecule has 0 fully saturated rings. The first kappa shape index (κ1) is 15.6. The van der Waals surface area contributed by atoms with E-state index >= 15 is 0 Å². The highest BCUT2D eigenvalue weighted by molar-refractivity contribution is 9.10. The Morgan fingerprint density at radius 3 is 2.43 bits per heavy atom. The molecule has 0 heterocycles. The zero-order valence-corrected chi connectivity index (χ0v) is 14.0. The molecule has 4 heteroatoms. The fraction of sp³-hybridized carbons (Fsp3) is 0.235. The van der Waals surface area contributed by atoms with Crippen LogP contribution in [0.4, 0.5) is 0 Å². The smallest absolute Gasteiger partial charge is 0.141 e. The number of hydrogen-bond donors (Lipinski definition) is 2. The molecule has 0 bridgehead atoms. The molecule has 2 aromatic rings. The van der Waals surface area contributed by atoms with Gasteiger partial charge in [-0.15, -0.1) is 0 Å². The molecule has 0 radical (unpaired) electrons. The summed E-state index contributed by atoms with van der Waals surface area (Å²) in [7, 11) is 0. The van der Waals surface area contributed by atoms with Gasteiger partial charge in [0.1, 0.15) is 17.3 Å². The van der Waals surface area contributed by atoms with Crippen LogP contribution in [0.15, 0.2) is 46.9 Å². The van der Waals surface area contributed by atoms with Gasteiger partial charge in [0.05, 0.1) is 4.47 Å². The van der Waals surface area contributed by atoms with Crippen molar-refractivity contribution in [3.63, 3.8) is 0 Å². The molecule has 3 nitrogen and oxygen atoms in total. The Morgan fingerprint density at radius 1 is 1.14 bits per heavy atom. The Labute approximate surface area is 133 Å². The van der Waals surface area contributed by atoms with Gasteiger partial charge < -0.3 is 10.5 Å². The van der Waals surface area contributed by atoms with E-state index in [2.05, 4.69) is 42.8 Å². The maximum atomic E-state index is 7.44. The molecule has 2 aromatic carbocycles. The first-order chi connectivity index (χ1) is 9.77. The van der Waals surface area contributed by atoms with E-state index in [0.29, 0.717) is 11.3 Å². The molecule has 3 N–H and O–H groups in total. The fourth-order valence-corrected chi connectivity index (χ4v) is 2.36. The minimum absolute atomic E-state index is 0.0389. The van der Waals surface area contributed by atoms with Gasteiger partial charge in [-0.3, -0.25) is 5.41 Å². The lowest BCUT2D eigenvalue weighted by Gasteiger charge is -2.20. The summed E-state index contributed by atoms with van der Waals surface area (Å²) in [6.45, 7) is 6.51. The van der Waals surface area contributed by atoms with E-state index in [9.17, 15) is 0 Å². The maximum Gasteiger partial charge on any atom is 0.141 e. The van der Waals surface area contributed by atoms with Crippen LogP contribution in [0, 0.1) is 5.41 Å². The average Bonchev–Trinajstić information content (AvgIpc) is 2.40. The molecular formula is C17H19BrN2O. The van der Waals surface area contributed by atoms with Crippen molar-refractivity contribution >= 4 is 21.8 Å². The van der Waals surface area contributed by atoms with Crippen LogP contribution in [-0.2, 0) is 5.41 Å². The molecule has 0 aromatic heterocycles. The molecule has 0 atom stereocenters. The summed E-state index contributed by atoms with van der Waals surface area (Å²) < 4.78 is 6.70. The van der Waals surface area contributed by atoms with Crippen molar-refractivity contribution in [2.24, 2.45) is 5.73 Å². The predicted molar refractivity (Wildman–Crippen MR) is 90.4 cm³/mol. The number of nitrogen functional groups attached to an aromatic ring is 1. The van der Waals surface area contributed by atoms with Crippen molar-refractivity contribution in [2.75, 3.05) is 0 Å². The van der Waals surface area contributed by atoms with Crippen LogP contribution in [0.1, 0.15) is 31.9 Å². The SMILES string of the molecule is CC(C)(C)c1cccc(Oc2ccc(C(=N)N)cc2Br)c1. The van der Waals surface area contributed by atoms with Gasteiger partial charge in [-0.05, 0) is 57.2 Å². The van der Waals surface area contributed by atoms with Gasteiger partial charge in [0.15, 0.2) is 0 Å². The zero-order chi connectivity index (χ0) is 15.6. The Balaban J connectivity index is 2.28. The second-order valence-electron chi connectivity index (χ2n) is 5.94. The normalized spacial score (nSPS) is 11.2. The highest BCUT2D eigenvalue weighted by atomic mass is 79.9. The topological polar surface area (TPSA) is 59.1 Å². The monoisotopic (exact) mass is 346 g/mol. The molecule has 21 heavy (non-hydrogen) atoms. The average molecular weight is 347 g/mol. The number of amidine groups is 1. The van der Waals surface area contributed by atoms with Crippen LogP contribution < -0.4 is 10.5 Å². The summed E-state index contributed by atoms with van der Waals surface area (Å²) in [5.41, 5.74) is 7.44. The quantitative estimate of drug-likeness (QED) is 0.618. The van der Waals surface area contributed by atoms with Crippen LogP contribution in [-0.4, -0.2) is 5.84 Å². The third-order valence-electron chi connectivity index (χ3n) is 3.17. The first-order valence-corrected chi connectivity index (χ1v) is 7.49. The summed E-state index contributed by atoms with van der Waals surface area (Å²) in [6, 6.07) is 13.4. The standard InChI is InChI=1S/C17H19BrN2O/c1-17(2,3)12-5-4-6-13(10-12)21-15-8-7-11(16(19)20)9-14(15)18/h4-10H,1-3H3,(H3,19,20). The number of rotatable bonds is 3. The molecule has 0 aliphatic rings. The van der Waals surface area contributed by atoms with E-state index in [1.807, 2.05) is 24.3 Å². The maximum absolute atomic E-state index is 7.44. The third-order valence-corrected chi connectivity index (χ3v) is 3.79. The minimum Gasteiger partial charge on any atom is -0.456 e. The summed E-state index contributed by atoms with van der Waals surface area (Å²) in [5.74, 6) is 1.53. The van der Waals surface area contributed by atoms with Gasteiger partial charge >= 0.3 is 0 Å². The number of halogens is 1. The van der Waals surface area contributed by atoms with Crippen molar-refractivity contribution in [1.82, 2.24) is 0 Å². The fourth-order valence-electron chi connectivity index (χ4n) is 1.90. The van der Waals surface area contributed by atoms with Crippen LogP contribution >= 0.6 is 15.9 Å². The van der Waals surface area contributed by atoms with Crippen LogP contribution in [0.25, 0.3) is 0 Å². The Morgan fingerprint density at radius 2 is 1.86 bits per heavy atom. The number of benzene rings is 2. The molecule has 0 amide bonds. The number of nitrogens with one attached hydrogen (secondary N) is 1. The highest BCUT2D eigenvalue weighted by Crippen LogP contribution is 2.32. The van der Waals surface area contributed by atoms with E-state index in [4.69, 9.17) is 15.9 Å². The molecule has 0 aliphatic heterocycles. The number of ether oxygens (including phenoxy) is 1. The molecule has 110 valence electrons. The van der Waals surface area contributed by atoms with Crippen molar-refractivity contribution in [1.29, 1.82) is 5.41 Å². The molecule has 0 saturated carbocycles. The predicted octanol–water partition coefficient (Wildman–Crippen LogP) is 4.82. The van der Waals surface area contributed by atoms with Crippen molar-refractivity contribution in [3.8, 4) is 11.5 Å². The van der Waals surface area contributed by atoms with Crippen molar-refractivity contribution in [2.45, 2.75) is 26.2 Å². The highest BCUT2D eigenvalue weighted by Gasteiger charge is 2.14. The largest absolute Gasteiger partial charge is 0.456 e. The second kappa shape index (κ2) is 5.90. The lowest BCUT2D eigenvalue weighted by atomic mass is 9.87. The van der Waals surface area contributed by atoms with E-state index in [1.165, 1.54) is 5.56 Å². The summed E-state index contributed by atoms with van der Waals surface area (Å²) in [5, 5.41) is 7.44. The van der Waals surface area contributed by atoms with E-state index in [-0.39, 0.29) is 11.3 Å². The summed E-state index contributed by atoms with van der Waals surface area (Å²) >= 11 is 3.45. The third kappa shape index (κ3) is 3.85. The molecule has 2 rings (SSSR count). The Hall–Kier alpha value is -1.81. The molecule has 0 spiro atoms. The lowest BCUT2D eigenvalue weighted by Crippen LogP contribution is -2.11. The Kier molecular flexibility index (Phi) is 4.37. The van der Waals surface area contributed by atoms with Crippen LogP contribution in [0.5, 0.6) is 11.5 Å². The van der Waals surface area contributed by atoms with Gasteiger partial charge in [-0.2, -0.15) is 0 Å². The second-order valence-corrected chi connectivity index (χ2v) is 6.79. The van der Waals surface area contributed by atoms with Crippen LogP contribution in [0.2, 0.25) is 0 Å². The van der Waals surface area contributed by atoms with E-state index in [1.54, 1.807) is 12.1 Å². The van der Waals surface area contributed by atoms with Crippen LogP contribution in [0.3, 0.4) is 0 Å². The zero-order valence-electron chi connectivity index (χ0n) is 12.4. The molecule has 0 unspecified atom stereocenters. The number of hydrogen-bond acceptors (Lipinski definition) is 2. The van der Waals surface area contributed by atoms with Gasteiger partial charge in [0.25, 0.3) is 0 Å². The molecular weight excluding hydrogens is 328 g/mol. The number of nitrogens with two attached hydrogens (primary N) is 1. The molecule has 0 saturated heterocycles. The van der Waals surface area contributed by atoms with Gasteiger partial charge in [-0.1, -0.05) is 32.9 Å². The summed E-state index contributed by atoms with van der Waals surface area (Å²) in [6.07, 6.45) is 0. The molecule has 0 aliphatic carbocycles. The van der Waals surface area contributed by atoms with Crippen molar-refractivity contribution < 1.29 is 4.74 Å². The van der Waals surface area contributed by atoms with Gasteiger partial charge in [-0.25, -0.2) is 0 Å². The van der Waals surface area contributed by atoms with Gasteiger partial charge in [0, 0.05) is 5.56 Å². The lowest BCUT2D eigenvalue weighted by molar-refractivity contribution is 0.475. The Bertz CT molecular complexity index is 675. The minimum atomic E-state index is 0.0389.